The smallest absolute Gasteiger partial charge is 0.338 e. The van der Waals surface area contributed by atoms with Crippen LogP contribution in [0.15, 0.2) is 24.3 Å². The van der Waals surface area contributed by atoms with Crippen molar-refractivity contribution in [2.75, 3.05) is 6.61 Å². The van der Waals surface area contributed by atoms with E-state index in [2.05, 4.69) is 22.0 Å². The molecule has 150 valence electrons. The zero-order chi connectivity index (χ0) is 20.7. The van der Waals surface area contributed by atoms with E-state index in [1.807, 2.05) is 13.8 Å². The first-order chi connectivity index (χ1) is 13.2. The van der Waals surface area contributed by atoms with Gasteiger partial charge in [-0.05, 0) is 57.2 Å². The van der Waals surface area contributed by atoms with E-state index in [0.717, 1.165) is 18.4 Å². The van der Waals surface area contributed by atoms with Crippen molar-refractivity contribution < 1.29 is 19.1 Å². The molecule has 0 aromatic heterocycles. The second kappa shape index (κ2) is 9.22. The van der Waals surface area contributed by atoms with Crippen molar-refractivity contribution in [3.63, 3.8) is 0 Å². The molecule has 2 rings (SSSR count). The lowest BCUT2D eigenvalue weighted by atomic mass is 9.98. The summed E-state index contributed by atoms with van der Waals surface area (Å²) in [6.07, 6.45) is 1.81. The minimum absolute atomic E-state index is 0.0460. The highest BCUT2D eigenvalue weighted by molar-refractivity contribution is 5.91. The number of ether oxygens (including phenoxy) is 1. The van der Waals surface area contributed by atoms with Crippen LogP contribution in [-0.2, 0) is 16.1 Å². The first-order valence-electron chi connectivity index (χ1n) is 9.26. The normalized spacial score (nSPS) is 15.1. The molecule has 0 unspecified atom stereocenters. The number of hydrogen-bond acceptors (Lipinski definition) is 5. The second-order valence-electron chi connectivity index (χ2n) is 7.39. The molecule has 28 heavy (non-hydrogen) atoms. The van der Waals surface area contributed by atoms with E-state index in [1.54, 1.807) is 31.2 Å². The average Bonchev–Trinajstić information content (AvgIpc) is 3.50. The van der Waals surface area contributed by atoms with E-state index in [1.165, 1.54) is 0 Å². The molecule has 0 saturated heterocycles. The Morgan fingerprint density at radius 1 is 1.25 bits per heavy atom. The first kappa shape index (κ1) is 21.2. The molecule has 0 radical (unpaired) electrons. The van der Waals surface area contributed by atoms with E-state index in [9.17, 15) is 19.6 Å². The Morgan fingerprint density at radius 2 is 1.89 bits per heavy atom. The van der Waals surface area contributed by atoms with Gasteiger partial charge in [-0.3, -0.25) is 4.79 Å². The molecule has 1 atom stereocenters. The van der Waals surface area contributed by atoms with Gasteiger partial charge >= 0.3 is 12.0 Å². The maximum Gasteiger partial charge on any atom is 0.338 e. The van der Waals surface area contributed by atoms with Crippen LogP contribution in [0.5, 0.6) is 0 Å². The molecule has 1 aromatic rings. The van der Waals surface area contributed by atoms with E-state index in [4.69, 9.17) is 4.74 Å². The predicted octanol–water partition coefficient (Wildman–Crippen LogP) is 1.86. The van der Waals surface area contributed by atoms with Gasteiger partial charge in [-0.15, -0.1) is 0 Å². The number of carbonyl (C=O) groups is 3. The Bertz CT molecular complexity index is 765. The number of rotatable bonds is 8. The summed E-state index contributed by atoms with van der Waals surface area (Å²) < 4.78 is 5.02. The summed E-state index contributed by atoms with van der Waals surface area (Å²) in [4.78, 5) is 35.6. The van der Waals surface area contributed by atoms with Crippen LogP contribution in [0.2, 0.25) is 0 Å². The summed E-state index contributed by atoms with van der Waals surface area (Å²) in [5.41, 5.74) is 0.204. The summed E-state index contributed by atoms with van der Waals surface area (Å²) in [7, 11) is 0. The van der Waals surface area contributed by atoms with Crippen LogP contribution < -0.4 is 16.0 Å². The second-order valence-corrected chi connectivity index (χ2v) is 7.39. The van der Waals surface area contributed by atoms with Gasteiger partial charge in [-0.1, -0.05) is 12.1 Å². The maximum absolute atomic E-state index is 12.1. The highest BCUT2D eigenvalue weighted by Gasteiger charge is 2.43. The van der Waals surface area contributed by atoms with Crippen molar-refractivity contribution in [3.8, 4) is 6.07 Å². The lowest BCUT2D eigenvalue weighted by Gasteiger charge is -2.22. The van der Waals surface area contributed by atoms with Gasteiger partial charge in [0.25, 0.3) is 5.91 Å². The highest BCUT2D eigenvalue weighted by Crippen LogP contribution is 2.39. The Balaban J connectivity index is 1.78. The van der Waals surface area contributed by atoms with Crippen LogP contribution in [-0.4, -0.2) is 36.1 Å². The van der Waals surface area contributed by atoms with Gasteiger partial charge in [-0.2, -0.15) is 5.26 Å². The summed E-state index contributed by atoms with van der Waals surface area (Å²) in [5.74, 6) is -0.973. The van der Waals surface area contributed by atoms with Crippen LogP contribution in [0.25, 0.3) is 0 Å². The van der Waals surface area contributed by atoms with Gasteiger partial charge in [0.2, 0.25) is 0 Å². The van der Waals surface area contributed by atoms with Gasteiger partial charge in [-0.25, -0.2) is 9.59 Å². The summed E-state index contributed by atoms with van der Waals surface area (Å²) in [6, 6.07) is 8.44. The molecule has 3 N–H and O–H groups in total. The van der Waals surface area contributed by atoms with Gasteiger partial charge in [0, 0.05) is 12.6 Å². The van der Waals surface area contributed by atoms with Crippen molar-refractivity contribution in [1.82, 2.24) is 16.0 Å². The summed E-state index contributed by atoms with van der Waals surface area (Å²) in [5, 5.41) is 17.3. The number of esters is 1. The fraction of sp³-hybridized carbons (Fsp3) is 0.500. The Hall–Kier alpha value is -3.08. The van der Waals surface area contributed by atoms with Gasteiger partial charge in [0.15, 0.2) is 6.61 Å². The molecule has 1 aliphatic rings. The standard InChI is InChI=1S/C20H26N4O4/c1-13(2)23-19(27)22-10-14-4-6-15(7-5-14)18(26)28-11-17(25)24-20(3,12-21)16-8-9-16/h4-7,13,16H,8-11H2,1-3H3,(H,24,25)(H2,22,23,27)/t20-/m1/s1. The highest BCUT2D eigenvalue weighted by atomic mass is 16.5. The van der Waals surface area contributed by atoms with E-state index >= 15 is 0 Å². The SMILES string of the molecule is CC(C)NC(=O)NCc1ccc(C(=O)OCC(=O)N[C@](C)(C#N)C2CC2)cc1. The van der Waals surface area contributed by atoms with E-state index in [0.29, 0.717) is 12.1 Å². The third-order valence-corrected chi connectivity index (χ3v) is 4.42. The Labute approximate surface area is 164 Å². The largest absolute Gasteiger partial charge is 0.452 e. The number of hydrogen-bond donors (Lipinski definition) is 3. The van der Waals surface area contributed by atoms with Crippen molar-refractivity contribution >= 4 is 17.9 Å². The minimum Gasteiger partial charge on any atom is -0.452 e. The molecule has 0 aliphatic heterocycles. The number of carbonyl (C=O) groups excluding carboxylic acids is 3. The Morgan fingerprint density at radius 3 is 2.43 bits per heavy atom. The number of benzene rings is 1. The quantitative estimate of drug-likeness (QED) is 0.589. The molecule has 8 nitrogen and oxygen atoms in total. The molecule has 1 saturated carbocycles. The van der Waals surface area contributed by atoms with Crippen LogP contribution in [0.3, 0.4) is 0 Å². The van der Waals surface area contributed by atoms with Crippen LogP contribution in [0.4, 0.5) is 4.79 Å². The molecular weight excluding hydrogens is 360 g/mol. The summed E-state index contributed by atoms with van der Waals surface area (Å²) in [6.45, 7) is 5.30. The summed E-state index contributed by atoms with van der Waals surface area (Å²) >= 11 is 0. The van der Waals surface area contributed by atoms with Gasteiger partial charge in [0.05, 0.1) is 11.6 Å². The van der Waals surface area contributed by atoms with Crippen LogP contribution >= 0.6 is 0 Å². The molecule has 1 fully saturated rings. The molecule has 0 bridgehead atoms. The third kappa shape index (κ3) is 6.27. The predicted molar refractivity (Wildman–Crippen MR) is 102 cm³/mol. The fourth-order valence-corrected chi connectivity index (χ4v) is 2.68. The average molecular weight is 386 g/mol. The maximum atomic E-state index is 12.1. The fourth-order valence-electron chi connectivity index (χ4n) is 2.68. The first-order valence-corrected chi connectivity index (χ1v) is 9.26. The molecule has 1 aromatic carbocycles. The molecule has 8 heteroatoms. The number of nitrogens with one attached hydrogen (secondary N) is 3. The van der Waals surface area contributed by atoms with Gasteiger partial charge < -0.3 is 20.7 Å². The minimum atomic E-state index is -0.917. The lowest BCUT2D eigenvalue weighted by Crippen LogP contribution is -2.48. The molecule has 3 amide bonds. The topological polar surface area (TPSA) is 120 Å². The molecule has 0 heterocycles. The van der Waals surface area contributed by atoms with Gasteiger partial charge in [0.1, 0.15) is 5.54 Å². The number of nitriles is 1. The molecule has 0 spiro atoms. The lowest BCUT2D eigenvalue weighted by molar-refractivity contribution is -0.125. The van der Waals surface area contributed by atoms with E-state index in [-0.39, 0.29) is 18.0 Å². The third-order valence-electron chi connectivity index (χ3n) is 4.42. The van der Waals surface area contributed by atoms with Crippen LogP contribution in [0.1, 0.15) is 49.5 Å². The van der Waals surface area contributed by atoms with E-state index < -0.39 is 24.0 Å². The van der Waals surface area contributed by atoms with Crippen molar-refractivity contribution in [3.05, 3.63) is 35.4 Å². The monoisotopic (exact) mass is 386 g/mol. The zero-order valence-corrected chi connectivity index (χ0v) is 16.4. The zero-order valence-electron chi connectivity index (χ0n) is 16.4. The van der Waals surface area contributed by atoms with Crippen molar-refractivity contribution in [2.45, 2.75) is 51.7 Å². The number of urea groups is 1. The van der Waals surface area contributed by atoms with Crippen molar-refractivity contribution in [1.29, 1.82) is 5.26 Å². The number of amides is 3. The molecular formula is C20H26N4O4. The number of nitrogens with zero attached hydrogens (tertiary/aromatic N) is 1. The van der Waals surface area contributed by atoms with Crippen LogP contribution in [0, 0.1) is 17.2 Å². The molecule has 1 aliphatic carbocycles. The Kier molecular flexibility index (Phi) is 6.99. The van der Waals surface area contributed by atoms with Crippen molar-refractivity contribution in [2.24, 2.45) is 5.92 Å².